The first kappa shape index (κ1) is 28.2. The highest BCUT2D eigenvalue weighted by atomic mass is 15.2. The molecule has 51 heavy (non-hydrogen) atoms. The average Bonchev–Trinajstić information content (AvgIpc) is 3.95. The molecule has 1 aliphatic rings. The second-order valence-electron chi connectivity index (χ2n) is 13.6. The molecule has 0 saturated carbocycles. The lowest BCUT2D eigenvalue weighted by Gasteiger charge is -2.22. The number of nitrogens with zero attached hydrogens (tertiary/aromatic N) is 6. The summed E-state index contributed by atoms with van der Waals surface area (Å²) in [5.74, 6) is 1.04. The fourth-order valence-electron chi connectivity index (χ4n) is 8.54. The molecule has 0 N–H and O–H groups in total. The first-order valence-corrected chi connectivity index (χ1v) is 17.5. The molecule has 0 saturated heterocycles. The van der Waals surface area contributed by atoms with Crippen LogP contribution in [0.3, 0.4) is 0 Å². The molecule has 0 aliphatic carbocycles. The van der Waals surface area contributed by atoms with E-state index < -0.39 is 0 Å². The normalized spacial score (nSPS) is 14.5. The van der Waals surface area contributed by atoms with Crippen molar-refractivity contribution in [2.24, 2.45) is 0 Å². The highest BCUT2D eigenvalue weighted by Crippen LogP contribution is 2.48. The van der Waals surface area contributed by atoms with E-state index in [1.807, 2.05) is 12.4 Å². The summed E-state index contributed by atoms with van der Waals surface area (Å²) >= 11 is 0. The Labute approximate surface area is 294 Å². The Kier molecular flexibility index (Phi) is 5.90. The molecule has 1 unspecified atom stereocenters. The van der Waals surface area contributed by atoms with E-state index in [0.29, 0.717) is 11.9 Å². The van der Waals surface area contributed by atoms with Gasteiger partial charge in [-0.1, -0.05) is 104 Å². The van der Waals surface area contributed by atoms with E-state index in [9.17, 15) is 0 Å². The predicted molar refractivity (Wildman–Crippen MR) is 209 cm³/mol. The van der Waals surface area contributed by atoms with Crippen molar-refractivity contribution in [3.63, 3.8) is 0 Å². The number of para-hydroxylation sites is 4. The number of hydrogen-bond acceptors (Lipinski definition) is 3. The third-order valence-electron chi connectivity index (χ3n) is 10.8. The Morgan fingerprint density at radius 2 is 1.12 bits per heavy atom. The molecule has 6 aromatic carbocycles. The van der Waals surface area contributed by atoms with Crippen LogP contribution in [0.2, 0.25) is 0 Å². The SMILES string of the molecule is CC1CN(c2ccccc2)c2c1ccc1c3ccccc3n(-c3cnc(-n4c5ccccc5c5ccc6ccn(-c7ccccc7)c6c54)nc3)c21. The molecular weight excluding hydrogens is 625 g/mol. The van der Waals surface area contributed by atoms with Gasteiger partial charge in [-0.05, 0) is 48.0 Å². The lowest BCUT2D eigenvalue weighted by molar-refractivity contribution is 0.813. The van der Waals surface area contributed by atoms with E-state index in [1.165, 1.54) is 49.4 Å². The van der Waals surface area contributed by atoms with Gasteiger partial charge in [0.05, 0.1) is 51.4 Å². The molecule has 1 atom stereocenters. The monoisotopic (exact) mass is 656 g/mol. The third-order valence-corrected chi connectivity index (χ3v) is 10.8. The first-order valence-electron chi connectivity index (χ1n) is 17.5. The summed E-state index contributed by atoms with van der Waals surface area (Å²) in [6.07, 6.45) is 6.15. The number of fused-ring (bicyclic) bond motifs is 10. The Hall–Kier alpha value is -6.66. The average molecular weight is 657 g/mol. The zero-order valence-electron chi connectivity index (χ0n) is 28.0. The molecule has 6 heteroatoms. The van der Waals surface area contributed by atoms with Gasteiger partial charge in [0, 0.05) is 57.0 Å². The van der Waals surface area contributed by atoms with Crippen LogP contribution in [0.4, 0.5) is 11.4 Å². The van der Waals surface area contributed by atoms with Gasteiger partial charge in [0.25, 0.3) is 0 Å². The van der Waals surface area contributed by atoms with E-state index in [1.54, 1.807) is 0 Å². The Morgan fingerprint density at radius 3 is 1.84 bits per heavy atom. The minimum Gasteiger partial charge on any atom is -0.339 e. The maximum Gasteiger partial charge on any atom is 0.234 e. The van der Waals surface area contributed by atoms with Crippen LogP contribution in [-0.2, 0) is 0 Å². The lowest BCUT2D eigenvalue weighted by Crippen LogP contribution is -2.15. The predicted octanol–water partition coefficient (Wildman–Crippen LogP) is 10.9. The summed E-state index contributed by atoms with van der Waals surface area (Å²) < 4.78 is 6.88. The van der Waals surface area contributed by atoms with Crippen molar-refractivity contribution in [1.29, 1.82) is 0 Å². The summed E-state index contributed by atoms with van der Waals surface area (Å²) in [5.41, 5.74) is 11.5. The van der Waals surface area contributed by atoms with Gasteiger partial charge in [0.2, 0.25) is 5.95 Å². The van der Waals surface area contributed by atoms with Crippen LogP contribution in [0, 0.1) is 0 Å². The molecule has 11 rings (SSSR count). The smallest absolute Gasteiger partial charge is 0.234 e. The van der Waals surface area contributed by atoms with Crippen LogP contribution in [0.25, 0.3) is 71.8 Å². The van der Waals surface area contributed by atoms with Crippen molar-refractivity contribution >= 4 is 65.9 Å². The molecule has 0 fully saturated rings. The van der Waals surface area contributed by atoms with Crippen LogP contribution in [0.1, 0.15) is 18.4 Å². The van der Waals surface area contributed by atoms with Gasteiger partial charge in [-0.15, -0.1) is 0 Å². The van der Waals surface area contributed by atoms with E-state index in [2.05, 4.69) is 171 Å². The standard InChI is InChI=1S/C45H32N6/c1-29-28-49(32-14-6-3-7-15-32)42-34(29)22-23-38-35-16-8-10-18-39(35)50(44(38)42)33-26-46-45(47-27-33)51-40-19-11-9-17-36(40)37-21-20-30-24-25-48(41(30)43(37)51)31-12-4-2-5-13-31/h2-27,29H,28H2,1H3. The molecule has 1 aliphatic heterocycles. The number of aromatic nitrogens is 5. The van der Waals surface area contributed by atoms with E-state index in [4.69, 9.17) is 9.97 Å². The fourth-order valence-corrected chi connectivity index (χ4v) is 8.54. The van der Waals surface area contributed by atoms with Crippen molar-refractivity contribution < 1.29 is 0 Å². The molecule has 0 spiro atoms. The minimum absolute atomic E-state index is 0.400. The second kappa shape index (κ2) is 10.7. The number of hydrogen-bond donors (Lipinski definition) is 0. The summed E-state index contributed by atoms with van der Waals surface area (Å²) in [4.78, 5) is 12.8. The topological polar surface area (TPSA) is 43.8 Å². The molecule has 4 aromatic heterocycles. The molecule has 10 aromatic rings. The van der Waals surface area contributed by atoms with Crippen molar-refractivity contribution in [1.82, 2.24) is 23.7 Å². The second-order valence-corrected chi connectivity index (χ2v) is 13.6. The van der Waals surface area contributed by atoms with E-state index in [0.717, 1.165) is 40.0 Å². The molecule has 242 valence electrons. The molecule has 6 nitrogen and oxygen atoms in total. The zero-order chi connectivity index (χ0) is 33.6. The summed E-state index contributed by atoms with van der Waals surface area (Å²) in [6, 6.07) is 49.8. The van der Waals surface area contributed by atoms with Gasteiger partial charge in [0.15, 0.2) is 0 Å². The summed E-state index contributed by atoms with van der Waals surface area (Å²) in [5, 5.41) is 5.97. The molecule has 0 radical (unpaired) electrons. The maximum absolute atomic E-state index is 5.18. The fraction of sp³-hybridized carbons (Fsp3) is 0.0667. The van der Waals surface area contributed by atoms with Gasteiger partial charge in [-0.2, -0.15) is 0 Å². The number of rotatable bonds is 4. The van der Waals surface area contributed by atoms with Crippen LogP contribution in [-0.4, -0.2) is 30.2 Å². The van der Waals surface area contributed by atoms with Gasteiger partial charge >= 0.3 is 0 Å². The highest BCUT2D eigenvalue weighted by molar-refractivity contribution is 6.18. The van der Waals surface area contributed by atoms with Crippen LogP contribution < -0.4 is 4.90 Å². The number of anilines is 2. The Morgan fingerprint density at radius 1 is 0.510 bits per heavy atom. The van der Waals surface area contributed by atoms with Crippen molar-refractivity contribution in [3.05, 3.63) is 164 Å². The minimum atomic E-state index is 0.400. The van der Waals surface area contributed by atoms with E-state index in [-0.39, 0.29) is 0 Å². The number of benzene rings is 6. The van der Waals surface area contributed by atoms with Gasteiger partial charge in [-0.3, -0.25) is 4.57 Å². The molecular formula is C45H32N6. The lowest BCUT2D eigenvalue weighted by atomic mass is 10.0. The molecule has 5 heterocycles. The first-order chi connectivity index (χ1) is 25.2. The Bertz CT molecular complexity index is 2950. The molecule has 0 bridgehead atoms. The van der Waals surface area contributed by atoms with Crippen molar-refractivity contribution in [3.8, 4) is 17.3 Å². The third kappa shape index (κ3) is 3.98. The summed E-state index contributed by atoms with van der Waals surface area (Å²) in [6.45, 7) is 3.26. The van der Waals surface area contributed by atoms with Crippen LogP contribution in [0.5, 0.6) is 0 Å². The van der Waals surface area contributed by atoms with Crippen LogP contribution in [0.15, 0.2) is 158 Å². The van der Waals surface area contributed by atoms with Crippen LogP contribution >= 0.6 is 0 Å². The largest absolute Gasteiger partial charge is 0.339 e. The van der Waals surface area contributed by atoms with Gasteiger partial charge < -0.3 is 14.0 Å². The molecule has 0 amide bonds. The summed E-state index contributed by atoms with van der Waals surface area (Å²) in [7, 11) is 0. The zero-order valence-corrected chi connectivity index (χ0v) is 28.0. The van der Waals surface area contributed by atoms with E-state index >= 15 is 0 Å². The highest BCUT2D eigenvalue weighted by Gasteiger charge is 2.31. The Balaban J connectivity index is 1.16. The van der Waals surface area contributed by atoms with Gasteiger partial charge in [-0.25, -0.2) is 9.97 Å². The quantitative estimate of drug-likeness (QED) is 0.189. The maximum atomic E-state index is 5.18. The van der Waals surface area contributed by atoms with Gasteiger partial charge in [0.1, 0.15) is 0 Å². The van der Waals surface area contributed by atoms with Crippen molar-refractivity contribution in [2.45, 2.75) is 12.8 Å². The van der Waals surface area contributed by atoms with Crippen molar-refractivity contribution in [2.75, 3.05) is 11.4 Å².